The summed E-state index contributed by atoms with van der Waals surface area (Å²) in [6.07, 6.45) is 1.64. The second kappa shape index (κ2) is 7.07. The highest BCUT2D eigenvalue weighted by molar-refractivity contribution is 6.44. The Labute approximate surface area is 149 Å². The number of halogens is 2. The Balaban J connectivity index is 1.90. The normalized spacial score (nSPS) is 15.4. The van der Waals surface area contributed by atoms with E-state index in [0.717, 1.165) is 11.3 Å². The van der Waals surface area contributed by atoms with Crippen LogP contribution in [0.4, 0.5) is 0 Å². The number of esters is 1. The monoisotopic (exact) mass is 361 g/mol. The molecule has 0 spiro atoms. The third kappa shape index (κ3) is 3.45. The number of hydrogen-bond donors (Lipinski definition) is 0. The summed E-state index contributed by atoms with van der Waals surface area (Å²) in [6.45, 7) is 2.52. The molecule has 0 bridgehead atoms. The van der Waals surface area contributed by atoms with Crippen LogP contribution in [0.25, 0.3) is 6.08 Å². The molecule has 0 fully saturated rings. The van der Waals surface area contributed by atoms with Crippen LogP contribution in [0.2, 0.25) is 10.0 Å². The van der Waals surface area contributed by atoms with Crippen LogP contribution in [0.15, 0.2) is 53.2 Å². The number of rotatable bonds is 4. The lowest BCUT2D eigenvalue weighted by molar-refractivity contribution is -0.129. The van der Waals surface area contributed by atoms with Gasteiger partial charge in [0.05, 0.1) is 22.2 Å². The first kappa shape index (κ1) is 16.6. The van der Waals surface area contributed by atoms with Crippen LogP contribution in [-0.4, -0.2) is 18.5 Å². The molecule has 1 aliphatic rings. The Bertz CT molecular complexity index is 842. The van der Waals surface area contributed by atoms with Gasteiger partial charge in [0.15, 0.2) is 5.70 Å². The van der Waals surface area contributed by atoms with Crippen LogP contribution in [0.1, 0.15) is 18.1 Å². The topological polar surface area (TPSA) is 47.9 Å². The van der Waals surface area contributed by atoms with Crippen molar-refractivity contribution in [2.24, 2.45) is 4.99 Å². The summed E-state index contributed by atoms with van der Waals surface area (Å²) in [5.41, 5.74) is 1.49. The lowest BCUT2D eigenvalue weighted by Crippen LogP contribution is -2.06. The molecule has 0 N–H and O–H groups in total. The average Bonchev–Trinajstić information content (AvgIpc) is 2.93. The summed E-state index contributed by atoms with van der Waals surface area (Å²) < 4.78 is 10.6. The number of cyclic esters (lactones) is 1. The maximum Gasteiger partial charge on any atom is 0.363 e. The molecule has 122 valence electrons. The van der Waals surface area contributed by atoms with E-state index in [4.69, 9.17) is 32.7 Å². The molecule has 0 unspecified atom stereocenters. The summed E-state index contributed by atoms with van der Waals surface area (Å²) in [6, 6.07) is 12.4. The zero-order valence-electron chi connectivity index (χ0n) is 12.8. The Morgan fingerprint density at radius 3 is 2.62 bits per heavy atom. The van der Waals surface area contributed by atoms with Crippen molar-refractivity contribution in [3.63, 3.8) is 0 Å². The second-order valence-corrected chi connectivity index (χ2v) is 5.72. The Hall–Kier alpha value is -2.30. The largest absolute Gasteiger partial charge is 0.494 e. The standard InChI is InChI=1S/C18H13Cl2NO3/c1-2-23-12-8-6-11(7-9-12)10-15-18(22)24-17(21-15)13-4-3-5-14(19)16(13)20/h3-10H,2H2,1H3/b15-10-. The Morgan fingerprint density at radius 2 is 1.92 bits per heavy atom. The van der Waals surface area contributed by atoms with Gasteiger partial charge in [0.25, 0.3) is 0 Å². The molecule has 0 saturated carbocycles. The zero-order chi connectivity index (χ0) is 17.1. The van der Waals surface area contributed by atoms with E-state index in [-0.39, 0.29) is 11.6 Å². The first-order chi connectivity index (χ1) is 11.6. The van der Waals surface area contributed by atoms with Gasteiger partial charge in [0.1, 0.15) is 5.75 Å². The molecule has 0 aliphatic carbocycles. The van der Waals surface area contributed by atoms with Crippen LogP contribution in [0.5, 0.6) is 5.75 Å². The van der Waals surface area contributed by atoms with Crippen LogP contribution in [0.3, 0.4) is 0 Å². The van der Waals surface area contributed by atoms with E-state index in [0.29, 0.717) is 22.2 Å². The first-order valence-electron chi connectivity index (χ1n) is 7.28. The fourth-order valence-corrected chi connectivity index (χ4v) is 2.56. The van der Waals surface area contributed by atoms with Gasteiger partial charge in [-0.1, -0.05) is 41.4 Å². The summed E-state index contributed by atoms with van der Waals surface area (Å²) in [5.74, 6) is 0.378. The van der Waals surface area contributed by atoms with Gasteiger partial charge in [0, 0.05) is 0 Å². The van der Waals surface area contributed by atoms with Gasteiger partial charge in [-0.15, -0.1) is 0 Å². The minimum Gasteiger partial charge on any atom is -0.494 e. The van der Waals surface area contributed by atoms with E-state index in [1.165, 1.54) is 0 Å². The van der Waals surface area contributed by atoms with Crippen molar-refractivity contribution in [3.8, 4) is 5.75 Å². The van der Waals surface area contributed by atoms with Gasteiger partial charge in [0.2, 0.25) is 5.90 Å². The van der Waals surface area contributed by atoms with E-state index in [9.17, 15) is 4.79 Å². The summed E-state index contributed by atoms with van der Waals surface area (Å²) in [5, 5.41) is 0.671. The molecule has 0 atom stereocenters. The quantitative estimate of drug-likeness (QED) is 0.583. The number of carbonyl (C=O) groups excluding carboxylic acids is 1. The van der Waals surface area contributed by atoms with Gasteiger partial charge in [-0.3, -0.25) is 0 Å². The number of ether oxygens (including phenoxy) is 2. The molecule has 1 heterocycles. The van der Waals surface area contributed by atoms with Crippen molar-refractivity contribution in [2.45, 2.75) is 6.92 Å². The highest BCUT2D eigenvalue weighted by Crippen LogP contribution is 2.29. The minimum absolute atomic E-state index is 0.143. The molecule has 0 amide bonds. The van der Waals surface area contributed by atoms with Crippen molar-refractivity contribution in [1.82, 2.24) is 0 Å². The molecule has 4 nitrogen and oxygen atoms in total. The molecule has 24 heavy (non-hydrogen) atoms. The van der Waals surface area contributed by atoms with Crippen LogP contribution in [-0.2, 0) is 9.53 Å². The maximum atomic E-state index is 12.0. The lowest BCUT2D eigenvalue weighted by atomic mass is 10.2. The number of carbonyl (C=O) groups is 1. The predicted molar refractivity (Wildman–Crippen MR) is 94.7 cm³/mol. The molecule has 1 aliphatic heterocycles. The minimum atomic E-state index is -0.532. The molecule has 0 radical (unpaired) electrons. The van der Waals surface area contributed by atoms with E-state index in [1.54, 1.807) is 24.3 Å². The third-order valence-electron chi connectivity index (χ3n) is 3.30. The van der Waals surface area contributed by atoms with Crippen LogP contribution in [0, 0.1) is 0 Å². The number of hydrogen-bond acceptors (Lipinski definition) is 4. The number of aliphatic imine (C=N–C) groups is 1. The van der Waals surface area contributed by atoms with E-state index >= 15 is 0 Å². The highest BCUT2D eigenvalue weighted by Gasteiger charge is 2.26. The third-order valence-corrected chi connectivity index (χ3v) is 4.12. The molecule has 6 heteroatoms. The van der Waals surface area contributed by atoms with Gasteiger partial charge in [-0.25, -0.2) is 9.79 Å². The van der Waals surface area contributed by atoms with E-state index in [2.05, 4.69) is 4.99 Å². The summed E-state index contributed by atoms with van der Waals surface area (Å²) >= 11 is 12.1. The highest BCUT2D eigenvalue weighted by atomic mass is 35.5. The molecule has 2 aromatic rings. The zero-order valence-corrected chi connectivity index (χ0v) is 14.3. The summed E-state index contributed by atoms with van der Waals surface area (Å²) in [7, 11) is 0. The molecule has 2 aromatic carbocycles. The van der Waals surface area contributed by atoms with Crippen LogP contribution < -0.4 is 4.74 Å². The summed E-state index contributed by atoms with van der Waals surface area (Å²) in [4.78, 5) is 16.2. The van der Waals surface area contributed by atoms with Crippen molar-refractivity contribution >= 4 is 41.1 Å². The van der Waals surface area contributed by atoms with Gasteiger partial charge < -0.3 is 9.47 Å². The molecule has 0 saturated heterocycles. The maximum absolute atomic E-state index is 12.0. The van der Waals surface area contributed by atoms with Crippen molar-refractivity contribution in [1.29, 1.82) is 0 Å². The van der Waals surface area contributed by atoms with E-state index in [1.807, 2.05) is 31.2 Å². The van der Waals surface area contributed by atoms with Gasteiger partial charge in [-0.2, -0.15) is 0 Å². The lowest BCUT2D eigenvalue weighted by Gasteiger charge is -2.03. The number of benzene rings is 2. The van der Waals surface area contributed by atoms with E-state index < -0.39 is 5.97 Å². The average molecular weight is 362 g/mol. The first-order valence-corrected chi connectivity index (χ1v) is 8.04. The fraction of sp³-hybridized carbons (Fsp3) is 0.111. The number of nitrogens with zero attached hydrogens (tertiary/aromatic N) is 1. The molecule has 0 aromatic heterocycles. The van der Waals surface area contributed by atoms with Crippen molar-refractivity contribution < 1.29 is 14.3 Å². The van der Waals surface area contributed by atoms with Gasteiger partial charge in [-0.05, 0) is 42.8 Å². The Kier molecular flexibility index (Phi) is 4.88. The van der Waals surface area contributed by atoms with Crippen LogP contribution >= 0.6 is 23.2 Å². The fourth-order valence-electron chi connectivity index (χ4n) is 2.18. The molecule has 3 rings (SSSR count). The van der Waals surface area contributed by atoms with Gasteiger partial charge >= 0.3 is 5.97 Å². The second-order valence-electron chi connectivity index (χ2n) is 4.94. The smallest absolute Gasteiger partial charge is 0.363 e. The van der Waals surface area contributed by atoms with Crippen molar-refractivity contribution in [2.75, 3.05) is 6.61 Å². The molecular formula is C18H13Cl2NO3. The molecular weight excluding hydrogens is 349 g/mol. The SMILES string of the molecule is CCOc1ccc(/C=C2\N=C(c3cccc(Cl)c3Cl)OC2=O)cc1. The van der Waals surface area contributed by atoms with Crippen molar-refractivity contribution in [3.05, 3.63) is 69.3 Å². The Morgan fingerprint density at radius 1 is 1.17 bits per heavy atom. The predicted octanol–water partition coefficient (Wildman–Crippen LogP) is 4.74.